The molecule has 6 nitrogen and oxygen atoms in total. The summed E-state index contributed by atoms with van der Waals surface area (Å²) in [4.78, 5) is 2.35. The van der Waals surface area contributed by atoms with Crippen molar-refractivity contribution in [2.45, 2.75) is 33.5 Å². The van der Waals surface area contributed by atoms with Crippen molar-refractivity contribution in [3.05, 3.63) is 45.7 Å². The van der Waals surface area contributed by atoms with Crippen LogP contribution in [0.25, 0.3) is 0 Å². The van der Waals surface area contributed by atoms with Gasteiger partial charge >= 0.3 is 0 Å². The fourth-order valence-corrected chi connectivity index (χ4v) is 3.76. The van der Waals surface area contributed by atoms with E-state index in [-0.39, 0.29) is 0 Å². The lowest BCUT2D eigenvalue weighted by Crippen LogP contribution is -2.37. The second-order valence-corrected chi connectivity index (χ2v) is 7.21. The van der Waals surface area contributed by atoms with E-state index in [9.17, 15) is 0 Å². The predicted octanol–water partition coefficient (Wildman–Crippen LogP) is 2.93. The van der Waals surface area contributed by atoms with Gasteiger partial charge in [0.1, 0.15) is 0 Å². The Balaban J connectivity index is 1.68. The number of nitrogens with one attached hydrogen (secondary N) is 1. The molecule has 27 heavy (non-hydrogen) atoms. The summed E-state index contributed by atoms with van der Waals surface area (Å²) in [6.45, 7) is 10.4. The van der Waals surface area contributed by atoms with Crippen molar-refractivity contribution in [3.8, 4) is 0 Å². The van der Waals surface area contributed by atoms with Crippen LogP contribution in [-0.2, 0) is 29.1 Å². The third kappa shape index (κ3) is 4.82. The smallest absolute Gasteiger partial charge is 0.0658 e. The van der Waals surface area contributed by atoms with Crippen LogP contribution < -0.4 is 10.2 Å². The second-order valence-electron chi connectivity index (χ2n) is 6.81. The molecule has 0 saturated carbocycles. The SMILES string of the molecule is COCCn1nc(C)c(CNCc2c(Cl)cccc2N2CCOCC2)c1C. The molecule has 1 N–H and O–H groups in total. The largest absolute Gasteiger partial charge is 0.383 e. The minimum absolute atomic E-state index is 0.664. The summed E-state index contributed by atoms with van der Waals surface area (Å²) >= 11 is 6.53. The number of benzene rings is 1. The van der Waals surface area contributed by atoms with Gasteiger partial charge in [0.2, 0.25) is 0 Å². The fourth-order valence-electron chi connectivity index (χ4n) is 3.52. The standard InChI is InChI=1S/C20H29ClN4O2/c1-15-17(16(2)25(23-15)9-10-26-3)13-22-14-18-19(21)5-4-6-20(18)24-7-11-27-12-8-24/h4-6,22H,7-14H2,1-3H3. The minimum atomic E-state index is 0.664. The van der Waals surface area contributed by atoms with Crippen molar-refractivity contribution >= 4 is 17.3 Å². The molecule has 2 aromatic rings. The summed E-state index contributed by atoms with van der Waals surface area (Å²) in [6.07, 6.45) is 0. The minimum Gasteiger partial charge on any atom is -0.383 e. The Morgan fingerprint density at radius 3 is 2.67 bits per heavy atom. The number of nitrogens with zero attached hydrogens (tertiary/aromatic N) is 3. The van der Waals surface area contributed by atoms with E-state index in [0.717, 1.165) is 55.7 Å². The first-order valence-corrected chi connectivity index (χ1v) is 9.82. The second kappa shape index (κ2) is 9.55. The molecule has 3 rings (SSSR count). The molecule has 2 heterocycles. The summed E-state index contributed by atoms with van der Waals surface area (Å²) in [5, 5.41) is 8.99. The van der Waals surface area contributed by atoms with E-state index in [1.165, 1.54) is 16.9 Å². The summed E-state index contributed by atoms with van der Waals surface area (Å²) in [5.41, 5.74) is 5.82. The highest BCUT2D eigenvalue weighted by atomic mass is 35.5. The van der Waals surface area contributed by atoms with Gasteiger partial charge in [-0.3, -0.25) is 4.68 Å². The third-order valence-corrected chi connectivity index (χ3v) is 5.44. The molecule has 148 valence electrons. The number of anilines is 1. The summed E-state index contributed by atoms with van der Waals surface area (Å²) in [7, 11) is 1.71. The number of aromatic nitrogens is 2. The first-order chi connectivity index (χ1) is 13.1. The van der Waals surface area contributed by atoms with Crippen LogP contribution in [0.1, 0.15) is 22.5 Å². The zero-order valence-corrected chi connectivity index (χ0v) is 17.2. The van der Waals surface area contributed by atoms with E-state index in [1.807, 2.05) is 16.8 Å². The zero-order chi connectivity index (χ0) is 19.2. The number of hydrogen-bond acceptors (Lipinski definition) is 5. The molecule has 0 spiro atoms. The molecule has 1 fully saturated rings. The molecule has 1 aliphatic rings. The molecule has 0 radical (unpaired) electrons. The lowest BCUT2D eigenvalue weighted by atomic mass is 10.1. The highest BCUT2D eigenvalue weighted by Gasteiger charge is 2.17. The number of ether oxygens (including phenoxy) is 2. The summed E-state index contributed by atoms with van der Waals surface area (Å²) in [6, 6.07) is 6.13. The average Bonchev–Trinajstić information content (AvgIpc) is 2.95. The van der Waals surface area contributed by atoms with Crippen LogP contribution >= 0.6 is 11.6 Å². The molecule has 1 saturated heterocycles. The van der Waals surface area contributed by atoms with Crippen molar-refractivity contribution < 1.29 is 9.47 Å². The van der Waals surface area contributed by atoms with Crippen LogP contribution in [0.2, 0.25) is 5.02 Å². The highest BCUT2D eigenvalue weighted by molar-refractivity contribution is 6.31. The Kier molecular flexibility index (Phi) is 7.13. The number of hydrogen-bond donors (Lipinski definition) is 1. The summed E-state index contributed by atoms with van der Waals surface area (Å²) < 4.78 is 12.7. The first-order valence-electron chi connectivity index (χ1n) is 9.44. The molecular weight excluding hydrogens is 364 g/mol. The van der Waals surface area contributed by atoms with Crippen LogP contribution in [0.15, 0.2) is 18.2 Å². The van der Waals surface area contributed by atoms with Crippen LogP contribution in [-0.4, -0.2) is 49.8 Å². The van der Waals surface area contributed by atoms with Crippen molar-refractivity contribution in [3.63, 3.8) is 0 Å². The van der Waals surface area contributed by atoms with Crippen molar-refractivity contribution in [2.75, 3.05) is 44.9 Å². The van der Waals surface area contributed by atoms with E-state index in [0.29, 0.717) is 13.2 Å². The van der Waals surface area contributed by atoms with Gasteiger partial charge < -0.3 is 19.7 Å². The highest BCUT2D eigenvalue weighted by Crippen LogP contribution is 2.28. The maximum absolute atomic E-state index is 6.53. The van der Waals surface area contributed by atoms with Gasteiger partial charge in [0, 0.05) is 60.8 Å². The molecule has 0 unspecified atom stereocenters. The van der Waals surface area contributed by atoms with Crippen LogP contribution in [0.4, 0.5) is 5.69 Å². The van der Waals surface area contributed by atoms with E-state index < -0.39 is 0 Å². The number of morpholine rings is 1. The first kappa shape index (κ1) is 20.1. The number of aryl methyl sites for hydroxylation is 1. The van der Waals surface area contributed by atoms with Gasteiger partial charge in [-0.25, -0.2) is 0 Å². The van der Waals surface area contributed by atoms with Crippen LogP contribution in [0.3, 0.4) is 0 Å². The molecule has 1 aromatic heterocycles. The number of rotatable bonds is 8. The molecule has 1 aromatic carbocycles. The quantitative estimate of drug-likeness (QED) is 0.748. The maximum atomic E-state index is 6.53. The Hall–Kier alpha value is -1.60. The topological polar surface area (TPSA) is 51.5 Å². The predicted molar refractivity (Wildman–Crippen MR) is 109 cm³/mol. The Morgan fingerprint density at radius 1 is 1.19 bits per heavy atom. The Morgan fingerprint density at radius 2 is 1.93 bits per heavy atom. The van der Waals surface area contributed by atoms with Gasteiger partial charge in [0.05, 0.1) is 32.1 Å². The molecule has 0 atom stereocenters. The fraction of sp³-hybridized carbons (Fsp3) is 0.550. The van der Waals surface area contributed by atoms with Crippen LogP contribution in [0.5, 0.6) is 0 Å². The van der Waals surface area contributed by atoms with Crippen LogP contribution in [0, 0.1) is 13.8 Å². The Labute approximate surface area is 166 Å². The van der Waals surface area contributed by atoms with Crippen molar-refractivity contribution in [1.82, 2.24) is 15.1 Å². The molecule has 0 bridgehead atoms. The molecule has 7 heteroatoms. The van der Waals surface area contributed by atoms with Gasteiger partial charge in [-0.15, -0.1) is 0 Å². The van der Waals surface area contributed by atoms with Gasteiger partial charge in [-0.05, 0) is 26.0 Å². The average molecular weight is 393 g/mol. The zero-order valence-electron chi connectivity index (χ0n) is 16.4. The van der Waals surface area contributed by atoms with Gasteiger partial charge in [0.25, 0.3) is 0 Å². The number of methoxy groups -OCH3 is 1. The van der Waals surface area contributed by atoms with Crippen molar-refractivity contribution in [1.29, 1.82) is 0 Å². The van der Waals surface area contributed by atoms with E-state index in [1.54, 1.807) is 7.11 Å². The van der Waals surface area contributed by atoms with Gasteiger partial charge in [-0.1, -0.05) is 17.7 Å². The molecule has 1 aliphatic heterocycles. The molecule has 0 amide bonds. The van der Waals surface area contributed by atoms with Crippen molar-refractivity contribution in [2.24, 2.45) is 0 Å². The van der Waals surface area contributed by atoms with Gasteiger partial charge in [-0.2, -0.15) is 5.10 Å². The van der Waals surface area contributed by atoms with E-state index in [2.05, 4.69) is 35.2 Å². The van der Waals surface area contributed by atoms with Gasteiger partial charge in [0.15, 0.2) is 0 Å². The lowest BCUT2D eigenvalue weighted by molar-refractivity contribution is 0.122. The molecule has 0 aliphatic carbocycles. The molecular formula is C20H29ClN4O2. The van der Waals surface area contributed by atoms with E-state index in [4.69, 9.17) is 21.1 Å². The maximum Gasteiger partial charge on any atom is 0.0658 e. The monoisotopic (exact) mass is 392 g/mol. The lowest BCUT2D eigenvalue weighted by Gasteiger charge is -2.31. The normalized spacial score (nSPS) is 14.7. The van der Waals surface area contributed by atoms with E-state index >= 15 is 0 Å². The Bertz CT molecular complexity index is 757. The summed E-state index contributed by atoms with van der Waals surface area (Å²) in [5.74, 6) is 0. The number of halogens is 1. The third-order valence-electron chi connectivity index (χ3n) is 5.09.